The van der Waals surface area contributed by atoms with Crippen molar-refractivity contribution in [2.24, 2.45) is 0 Å². The Balaban J connectivity index is 2.21. The summed E-state index contributed by atoms with van der Waals surface area (Å²) in [6, 6.07) is 6.61. The molecule has 0 saturated carbocycles. The Morgan fingerprint density at radius 2 is 2.26 bits per heavy atom. The highest BCUT2D eigenvalue weighted by Crippen LogP contribution is 2.31. The molecule has 1 aromatic carbocycles. The average Bonchev–Trinajstić information content (AvgIpc) is 2.36. The van der Waals surface area contributed by atoms with Crippen LogP contribution in [0.25, 0.3) is 0 Å². The number of nitrogens with zero attached hydrogens (tertiary/aromatic N) is 1. The predicted molar refractivity (Wildman–Crippen MR) is 81.1 cm³/mol. The molecule has 0 bridgehead atoms. The second kappa shape index (κ2) is 6.60. The number of halogens is 1. The maximum atomic E-state index is 6.42. The summed E-state index contributed by atoms with van der Waals surface area (Å²) >= 11 is 6.42. The summed E-state index contributed by atoms with van der Waals surface area (Å²) in [5, 5.41) is 4.29. The fourth-order valence-electron chi connectivity index (χ4n) is 2.39. The van der Waals surface area contributed by atoms with E-state index in [1.54, 1.807) is 0 Å². The van der Waals surface area contributed by atoms with Crippen LogP contribution < -0.4 is 10.2 Å². The van der Waals surface area contributed by atoms with E-state index in [2.05, 4.69) is 37.1 Å². The number of ether oxygens (including phenoxy) is 1. The van der Waals surface area contributed by atoms with Crippen LogP contribution in [-0.4, -0.2) is 31.8 Å². The number of nitrogens with one attached hydrogen (secondary N) is 1. The standard InChI is InChI=1S/C15H23ClN2O/c1-11(2)17-9-13-5-4-6-14(16)15(13)18-7-8-19-12(3)10-18/h4-6,11-12,17H,7-10H2,1-3H3. The zero-order valence-electron chi connectivity index (χ0n) is 11.9. The topological polar surface area (TPSA) is 24.5 Å². The van der Waals surface area contributed by atoms with Crippen molar-refractivity contribution in [2.75, 3.05) is 24.6 Å². The van der Waals surface area contributed by atoms with Gasteiger partial charge in [-0.25, -0.2) is 0 Å². The van der Waals surface area contributed by atoms with Gasteiger partial charge in [-0.3, -0.25) is 0 Å². The lowest BCUT2D eigenvalue weighted by atomic mass is 10.1. The smallest absolute Gasteiger partial charge is 0.0722 e. The van der Waals surface area contributed by atoms with Crippen molar-refractivity contribution in [3.05, 3.63) is 28.8 Å². The Morgan fingerprint density at radius 1 is 1.47 bits per heavy atom. The van der Waals surface area contributed by atoms with E-state index < -0.39 is 0 Å². The number of hydrogen-bond acceptors (Lipinski definition) is 3. The molecule has 1 atom stereocenters. The Morgan fingerprint density at radius 3 is 2.95 bits per heavy atom. The molecule has 19 heavy (non-hydrogen) atoms. The van der Waals surface area contributed by atoms with Crippen LogP contribution in [0.2, 0.25) is 5.02 Å². The molecule has 0 amide bonds. The SMILES string of the molecule is CC(C)NCc1cccc(Cl)c1N1CCOC(C)C1. The van der Waals surface area contributed by atoms with Crippen molar-refractivity contribution in [3.63, 3.8) is 0 Å². The van der Waals surface area contributed by atoms with Gasteiger partial charge in [-0.15, -0.1) is 0 Å². The van der Waals surface area contributed by atoms with Gasteiger partial charge < -0.3 is 15.0 Å². The zero-order chi connectivity index (χ0) is 13.8. The molecule has 1 N–H and O–H groups in total. The van der Waals surface area contributed by atoms with Crippen molar-refractivity contribution < 1.29 is 4.74 Å². The first kappa shape index (κ1) is 14.6. The van der Waals surface area contributed by atoms with Crippen molar-refractivity contribution in [1.29, 1.82) is 0 Å². The maximum Gasteiger partial charge on any atom is 0.0722 e. The third-order valence-corrected chi connectivity index (χ3v) is 3.63. The number of hydrogen-bond donors (Lipinski definition) is 1. The van der Waals surface area contributed by atoms with Crippen LogP contribution in [0.5, 0.6) is 0 Å². The molecule has 1 aromatic rings. The molecule has 1 aliphatic rings. The van der Waals surface area contributed by atoms with Crippen molar-refractivity contribution in [3.8, 4) is 0 Å². The normalized spacial score (nSPS) is 20.1. The first-order valence-corrected chi connectivity index (χ1v) is 7.33. The van der Waals surface area contributed by atoms with E-state index in [1.165, 1.54) is 5.56 Å². The van der Waals surface area contributed by atoms with Gasteiger partial charge in [0.2, 0.25) is 0 Å². The lowest BCUT2D eigenvalue weighted by molar-refractivity contribution is 0.0532. The second-order valence-corrected chi connectivity index (χ2v) is 5.82. The molecule has 0 spiro atoms. The minimum Gasteiger partial charge on any atom is -0.375 e. The van der Waals surface area contributed by atoms with Gasteiger partial charge in [0.15, 0.2) is 0 Å². The number of anilines is 1. The third kappa shape index (κ3) is 3.85. The molecule has 1 heterocycles. The van der Waals surface area contributed by atoms with Gasteiger partial charge in [-0.05, 0) is 18.6 Å². The first-order chi connectivity index (χ1) is 9.08. The van der Waals surface area contributed by atoms with Gasteiger partial charge in [0.1, 0.15) is 0 Å². The van der Waals surface area contributed by atoms with E-state index in [0.717, 1.165) is 37.0 Å². The van der Waals surface area contributed by atoms with Crippen molar-refractivity contribution in [2.45, 2.75) is 39.5 Å². The fraction of sp³-hybridized carbons (Fsp3) is 0.600. The van der Waals surface area contributed by atoms with Crippen molar-refractivity contribution >= 4 is 17.3 Å². The molecular formula is C15H23ClN2O. The van der Waals surface area contributed by atoms with Crippen LogP contribution in [0.1, 0.15) is 26.3 Å². The Kier molecular flexibility index (Phi) is 5.08. The van der Waals surface area contributed by atoms with Crippen LogP contribution >= 0.6 is 11.6 Å². The van der Waals surface area contributed by atoms with Gasteiger partial charge in [0.25, 0.3) is 0 Å². The van der Waals surface area contributed by atoms with E-state index in [0.29, 0.717) is 6.04 Å². The maximum absolute atomic E-state index is 6.42. The second-order valence-electron chi connectivity index (χ2n) is 5.41. The summed E-state index contributed by atoms with van der Waals surface area (Å²) in [6.07, 6.45) is 0.260. The Labute approximate surface area is 120 Å². The van der Waals surface area contributed by atoms with E-state index in [9.17, 15) is 0 Å². The van der Waals surface area contributed by atoms with Crippen LogP contribution in [0.3, 0.4) is 0 Å². The number of rotatable bonds is 4. The molecule has 1 saturated heterocycles. The molecule has 0 aliphatic carbocycles. The molecular weight excluding hydrogens is 260 g/mol. The van der Waals surface area contributed by atoms with E-state index in [4.69, 9.17) is 16.3 Å². The highest BCUT2D eigenvalue weighted by molar-refractivity contribution is 6.33. The predicted octanol–water partition coefficient (Wildman–Crippen LogP) is 3.06. The highest BCUT2D eigenvalue weighted by atomic mass is 35.5. The van der Waals surface area contributed by atoms with Gasteiger partial charge in [-0.1, -0.05) is 37.6 Å². The molecule has 0 aromatic heterocycles. The molecule has 1 fully saturated rings. The fourth-order valence-corrected chi connectivity index (χ4v) is 2.71. The van der Waals surface area contributed by atoms with Crippen LogP contribution in [0.15, 0.2) is 18.2 Å². The average molecular weight is 283 g/mol. The highest BCUT2D eigenvalue weighted by Gasteiger charge is 2.21. The number of benzene rings is 1. The quantitative estimate of drug-likeness (QED) is 0.919. The summed E-state index contributed by atoms with van der Waals surface area (Å²) in [7, 11) is 0. The molecule has 106 valence electrons. The van der Waals surface area contributed by atoms with E-state index in [1.807, 2.05) is 12.1 Å². The van der Waals surface area contributed by atoms with Gasteiger partial charge in [0, 0.05) is 25.7 Å². The third-order valence-electron chi connectivity index (χ3n) is 3.33. The molecule has 4 heteroatoms. The summed E-state index contributed by atoms with van der Waals surface area (Å²) in [4.78, 5) is 2.34. The molecule has 1 unspecified atom stereocenters. The Bertz CT molecular complexity index is 423. The van der Waals surface area contributed by atoms with Crippen LogP contribution in [0, 0.1) is 0 Å². The minimum atomic E-state index is 0.260. The van der Waals surface area contributed by atoms with Gasteiger partial charge in [-0.2, -0.15) is 0 Å². The zero-order valence-corrected chi connectivity index (χ0v) is 12.7. The monoisotopic (exact) mass is 282 g/mol. The van der Waals surface area contributed by atoms with Crippen molar-refractivity contribution in [1.82, 2.24) is 5.32 Å². The lowest BCUT2D eigenvalue weighted by Gasteiger charge is -2.35. The van der Waals surface area contributed by atoms with Gasteiger partial charge in [0.05, 0.1) is 23.4 Å². The summed E-state index contributed by atoms with van der Waals surface area (Å²) in [5.74, 6) is 0. The molecule has 3 nitrogen and oxygen atoms in total. The minimum absolute atomic E-state index is 0.260. The van der Waals surface area contributed by atoms with Gasteiger partial charge >= 0.3 is 0 Å². The first-order valence-electron chi connectivity index (χ1n) is 6.95. The van der Waals surface area contributed by atoms with E-state index >= 15 is 0 Å². The largest absolute Gasteiger partial charge is 0.375 e. The van der Waals surface area contributed by atoms with Crippen LogP contribution in [-0.2, 0) is 11.3 Å². The molecule has 1 aliphatic heterocycles. The van der Waals surface area contributed by atoms with Crippen LogP contribution in [0.4, 0.5) is 5.69 Å². The summed E-state index contributed by atoms with van der Waals surface area (Å²) in [6.45, 7) is 9.83. The molecule has 0 radical (unpaired) electrons. The lowest BCUT2D eigenvalue weighted by Crippen LogP contribution is -2.42. The number of morpholine rings is 1. The Hall–Kier alpha value is -0.770. The summed E-state index contributed by atoms with van der Waals surface area (Å²) in [5.41, 5.74) is 2.42. The van der Waals surface area contributed by atoms with E-state index in [-0.39, 0.29) is 6.10 Å². The molecule has 2 rings (SSSR count). The number of para-hydroxylation sites is 1. The summed E-state index contributed by atoms with van der Waals surface area (Å²) < 4.78 is 5.61.